The van der Waals surface area contributed by atoms with Crippen LogP contribution in [0.1, 0.15) is 37.8 Å². The smallest absolute Gasteiger partial charge is 0.252 e. The van der Waals surface area contributed by atoms with Gasteiger partial charge in [0.05, 0.1) is 18.2 Å². The highest BCUT2D eigenvalue weighted by Gasteiger charge is 2.41. The Hall–Kier alpha value is -1.53. The van der Waals surface area contributed by atoms with Crippen molar-refractivity contribution in [3.05, 3.63) is 35.4 Å². The Kier molecular flexibility index (Phi) is 4.14. The van der Waals surface area contributed by atoms with E-state index in [1.807, 2.05) is 6.92 Å². The zero-order valence-electron chi connectivity index (χ0n) is 12.3. The zero-order valence-corrected chi connectivity index (χ0v) is 12.3. The third-order valence-corrected chi connectivity index (χ3v) is 4.39. The Balaban J connectivity index is 1.86. The number of aliphatic hydroxyl groups is 1. The molecule has 1 N–H and O–H groups in total. The van der Waals surface area contributed by atoms with Crippen LogP contribution < -0.4 is 0 Å². The van der Waals surface area contributed by atoms with E-state index >= 15 is 0 Å². The van der Waals surface area contributed by atoms with Crippen LogP contribution in [0.2, 0.25) is 0 Å². The van der Waals surface area contributed by atoms with Gasteiger partial charge >= 0.3 is 0 Å². The highest BCUT2D eigenvalue weighted by molar-refractivity contribution is 5.82. The lowest BCUT2D eigenvalue weighted by Gasteiger charge is -2.27. The SMILES string of the molecule is CC1CCC(C(=O)N2CC(O)CC2c2cc(F)ccc2F)O1. The van der Waals surface area contributed by atoms with E-state index in [2.05, 4.69) is 0 Å². The summed E-state index contributed by atoms with van der Waals surface area (Å²) in [6.45, 7) is 2.02. The number of likely N-dealkylation sites (tertiary alicyclic amines) is 1. The molecule has 1 amide bonds. The highest BCUT2D eigenvalue weighted by Crippen LogP contribution is 2.36. The van der Waals surface area contributed by atoms with Crippen molar-refractivity contribution >= 4 is 5.91 Å². The molecule has 4 atom stereocenters. The summed E-state index contributed by atoms with van der Waals surface area (Å²) in [7, 11) is 0. The lowest BCUT2D eigenvalue weighted by molar-refractivity contribution is -0.144. The van der Waals surface area contributed by atoms with Gasteiger partial charge in [-0.2, -0.15) is 0 Å². The number of rotatable bonds is 2. The van der Waals surface area contributed by atoms with Gasteiger partial charge in [0.25, 0.3) is 5.91 Å². The minimum atomic E-state index is -0.740. The van der Waals surface area contributed by atoms with E-state index in [1.54, 1.807) is 0 Å². The quantitative estimate of drug-likeness (QED) is 0.910. The average Bonchev–Trinajstić information content (AvgIpc) is 3.07. The molecule has 0 bridgehead atoms. The molecule has 2 heterocycles. The number of hydrogen-bond acceptors (Lipinski definition) is 3. The number of ether oxygens (including phenoxy) is 1. The molecule has 1 aromatic rings. The normalized spacial score (nSPS) is 31.7. The van der Waals surface area contributed by atoms with Crippen molar-refractivity contribution in [2.24, 2.45) is 0 Å². The number of nitrogens with zero attached hydrogens (tertiary/aromatic N) is 1. The van der Waals surface area contributed by atoms with Crippen LogP contribution in [-0.2, 0) is 9.53 Å². The van der Waals surface area contributed by atoms with Crippen LogP contribution in [0.15, 0.2) is 18.2 Å². The maximum atomic E-state index is 14.0. The molecular weight excluding hydrogens is 292 g/mol. The predicted octanol–water partition coefficient (Wildman–Crippen LogP) is 2.17. The first-order valence-electron chi connectivity index (χ1n) is 7.54. The largest absolute Gasteiger partial charge is 0.391 e. The molecule has 4 nitrogen and oxygen atoms in total. The second kappa shape index (κ2) is 5.93. The van der Waals surface area contributed by atoms with Crippen molar-refractivity contribution < 1.29 is 23.4 Å². The Bertz CT molecular complexity index is 581. The van der Waals surface area contributed by atoms with E-state index in [1.165, 1.54) is 4.90 Å². The summed E-state index contributed by atoms with van der Waals surface area (Å²) < 4.78 is 33.0. The van der Waals surface area contributed by atoms with Crippen LogP contribution in [0.3, 0.4) is 0 Å². The van der Waals surface area contributed by atoms with Gasteiger partial charge in [0.15, 0.2) is 0 Å². The summed E-state index contributed by atoms with van der Waals surface area (Å²) in [5, 5.41) is 9.88. The molecule has 2 aliphatic rings. The van der Waals surface area contributed by atoms with Gasteiger partial charge in [0, 0.05) is 12.1 Å². The van der Waals surface area contributed by atoms with Gasteiger partial charge < -0.3 is 14.7 Å². The van der Waals surface area contributed by atoms with E-state index in [0.717, 1.165) is 24.6 Å². The van der Waals surface area contributed by atoms with Crippen molar-refractivity contribution in [1.82, 2.24) is 4.90 Å². The summed E-state index contributed by atoms with van der Waals surface area (Å²) in [5.41, 5.74) is 0.107. The van der Waals surface area contributed by atoms with Crippen molar-refractivity contribution in [3.63, 3.8) is 0 Å². The number of aliphatic hydroxyl groups excluding tert-OH is 1. The molecule has 0 radical (unpaired) electrons. The van der Waals surface area contributed by atoms with E-state index in [0.29, 0.717) is 6.42 Å². The van der Waals surface area contributed by atoms with E-state index in [9.17, 15) is 18.7 Å². The number of β-amino-alcohol motifs (C(OH)–C–C–N with tert-alkyl or cyclic N) is 1. The first kappa shape index (κ1) is 15.4. The molecule has 2 fully saturated rings. The number of benzene rings is 1. The molecule has 1 aromatic carbocycles. The Morgan fingerprint density at radius 2 is 2.14 bits per heavy atom. The molecule has 0 spiro atoms. The molecule has 2 aliphatic heterocycles. The van der Waals surface area contributed by atoms with Gasteiger partial charge in [-0.05, 0) is 44.4 Å². The van der Waals surface area contributed by atoms with Crippen molar-refractivity contribution in [1.29, 1.82) is 0 Å². The molecule has 6 heteroatoms. The predicted molar refractivity (Wildman–Crippen MR) is 75.0 cm³/mol. The van der Waals surface area contributed by atoms with Crippen LogP contribution in [0, 0.1) is 11.6 Å². The molecule has 0 saturated carbocycles. The molecule has 4 unspecified atom stereocenters. The lowest BCUT2D eigenvalue weighted by Crippen LogP contribution is -2.39. The van der Waals surface area contributed by atoms with Crippen molar-refractivity contribution in [2.75, 3.05) is 6.54 Å². The Morgan fingerprint density at radius 1 is 1.36 bits per heavy atom. The van der Waals surface area contributed by atoms with Crippen molar-refractivity contribution in [2.45, 2.75) is 50.5 Å². The van der Waals surface area contributed by atoms with Crippen LogP contribution >= 0.6 is 0 Å². The fourth-order valence-corrected chi connectivity index (χ4v) is 3.29. The average molecular weight is 311 g/mol. The fourth-order valence-electron chi connectivity index (χ4n) is 3.29. The van der Waals surface area contributed by atoms with Crippen LogP contribution in [0.5, 0.6) is 0 Å². The monoisotopic (exact) mass is 311 g/mol. The van der Waals surface area contributed by atoms with Gasteiger partial charge in [-0.3, -0.25) is 4.79 Å². The molecule has 120 valence electrons. The number of hydrogen-bond donors (Lipinski definition) is 1. The molecule has 22 heavy (non-hydrogen) atoms. The van der Waals surface area contributed by atoms with Gasteiger partial charge in [0.1, 0.15) is 17.7 Å². The molecule has 0 aromatic heterocycles. The van der Waals surface area contributed by atoms with Crippen LogP contribution in [0.25, 0.3) is 0 Å². The van der Waals surface area contributed by atoms with Gasteiger partial charge in [-0.25, -0.2) is 8.78 Å². The molecule has 0 aliphatic carbocycles. The third kappa shape index (κ3) is 2.85. The standard InChI is InChI=1S/C16H19F2NO3/c1-9-2-5-15(22-9)16(21)19-8-11(20)7-14(19)12-6-10(17)3-4-13(12)18/h3-4,6,9,11,14-15,20H,2,5,7-8H2,1H3. The first-order chi connectivity index (χ1) is 10.5. The van der Waals surface area contributed by atoms with Gasteiger partial charge in [-0.15, -0.1) is 0 Å². The third-order valence-electron chi connectivity index (χ3n) is 4.39. The summed E-state index contributed by atoms with van der Waals surface area (Å²) in [6, 6.07) is 2.53. The molecular formula is C16H19F2NO3. The first-order valence-corrected chi connectivity index (χ1v) is 7.54. The van der Waals surface area contributed by atoms with E-state index < -0.39 is 29.9 Å². The number of halogens is 2. The number of carbonyl (C=O) groups is 1. The second-order valence-electron chi connectivity index (χ2n) is 6.07. The maximum Gasteiger partial charge on any atom is 0.252 e. The molecule has 3 rings (SSSR count). The molecule has 2 saturated heterocycles. The summed E-state index contributed by atoms with van der Waals surface area (Å²) >= 11 is 0. The minimum absolute atomic E-state index is 0.0193. The fraction of sp³-hybridized carbons (Fsp3) is 0.562. The lowest BCUT2D eigenvalue weighted by atomic mass is 10.0. The van der Waals surface area contributed by atoms with E-state index in [4.69, 9.17) is 4.74 Å². The Morgan fingerprint density at radius 3 is 2.82 bits per heavy atom. The number of amides is 1. The number of carbonyl (C=O) groups excluding carboxylic acids is 1. The summed E-state index contributed by atoms with van der Waals surface area (Å²) in [4.78, 5) is 14.0. The van der Waals surface area contributed by atoms with Crippen LogP contribution in [-0.4, -0.2) is 40.8 Å². The minimum Gasteiger partial charge on any atom is -0.391 e. The van der Waals surface area contributed by atoms with E-state index in [-0.39, 0.29) is 30.5 Å². The summed E-state index contributed by atoms with van der Waals surface area (Å²) in [5.74, 6) is -1.38. The highest BCUT2D eigenvalue weighted by atomic mass is 19.1. The van der Waals surface area contributed by atoms with Gasteiger partial charge in [-0.1, -0.05) is 0 Å². The van der Waals surface area contributed by atoms with Crippen LogP contribution in [0.4, 0.5) is 8.78 Å². The second-order valence-corrected chi connectivity index (χ2v) is 6.07. The Labute approximate surface area is 127 Å². The topological polar surface area (TPSA) is 49.8 Å². The van der Waals surface area contributed by atoms with Crippen molar-refractivity contribution in [3.8, 4) is 0 Å². The van der Waals surface area contributed by atoms with Gasteiger partial charge in [0.2, 0.25) is 0 Å². The maximum absolute atomic E-state index is 14.0. The summed E-state index contributed by atoms with van der Waals surface area (Å²) in [6.07, 6.45) is 0.339. The zero-order chi connectivity index (χ0) is 15.9.